The number of rotatable bonds is 28. The Morgan fingerprint density at radius 1 is 0.265 bits per heavy atom. The lowest BCUT2D eigenvalue weighted by molar-refractivity contribution is -0.929. The molecule has 0 bridgehead atoms. The zero-order valence-electron chi connectivity index (χ0n) is 24.7. The lowest BCUT2D eigenvalue weighted by Gasteiger charge is -2.40. The maximum Gasteiger partial charge on any atom is 0.0786 e. The Morgan fingerprint density at radius 2 is 0.441 bits per heavy atom. The monoisotopic (exact) mass is 484 g/mol. The van der Waals surface area contributed by atoms with Crippen LogP contribution < -0.4 is 0 Å². The van der Waals surface area contributed by atoms with E-state index in [-0.39, 0.29) is 5.48 Å². The van der Waals surface area contributed by atoms with Crippen molar-refractivity contribution in [3.8, 4) is 0 Å². The third-order valence-electron chi connectivity index (χ3n) is 7.94. The summed E-state index contributed by atoms with van der Waals surface area (Å²) in [5.74, 6) is 0. The second-order valence-corrected chi connectivity index (χ2v) is 11.3. The molecule has 0 aliphatic carbocycles. The molecule has 1 N–H and O–H groups in total. The fourth-order valence-electron chi connectivity index (χ4n) is 5.58. The van der Waals surface area contributed by atoms with Gasteiger partial charge in [-0.1, -0.05) is 130 Å². The summed E-state index contributed by atoms with van der Waals surface area (Å²) in [6.45, 7) is 15.3. The van der Waals surface area contributed by atoms with Gasteiger partial charge in [-0.15, -0.1) is 0 Å². The smallest absolute Gasteiger partial charge is 0.0786 e. The van der Waals surface area contributed by atoms with Crippen molar-refractivity contribution in [3.63, 3.8) is 0 Å². The van der Waals surface area contributed by atoms with Gasteiger partial charge < -0.3 is 9.96 Å². The standard InChI is InChI=1S/C32H68N.H2O/c1-5-9-13-17-21-25-29-33(30-26-22-18-14-10-6-2,31-27-23-19-15-11-7-3)32-28-24-20-16-12-8-4;/h5-32H2,1-4H3;1H2/q+1;/p-1. The van der Waals surface area contributed by atoms with Gasteiger partial charge in [0.15, 0.2) is 0 Å². The molecule has 0 heterocycles. The summed E-state index contributed by atoms with van der Waals surface area (Å²) in [7, 11) is 0. The summed E-state index contributed by atoms with van der Waals surface area (Å²) in [5, 5.41) is 0. The first-order valence-electron chi connectivity index (χ1n) is 16.1. The Balaban J connectivity index is 0. The van der Waals surface area contributed by atoms with Gasteiger partial charge in [-0.25, -0.2) is 0 Å². The number of hydrogen-bond acceptors (Lipinski definition) is 1. The van der Waals surface area contributed by atoms with E-state index in [4.69, 9.17) is 0 Å². The highest BCUT2D eigenvalue weighted by Gasteiger charge is 2.25. The first-order valence-corrected chi connectivity index (χ1v) is 16.1. The molecular formula is C32H69NO. The third kappa shape index (κ3) is 23.7. The normalized spacial score (nSPS) is 11.6. The van der Waals surface area contributed by atoms with E-state index in [0.29, 0.717) is 0 Å². The third-order valence-corrected chi connectivity index (χ3v) is 7.94. The highest BCUT2D eigenvalue weighted by molar-refractivity contribution is 4.55. The van der Waals surface area contributed by atoms with Crippen molar-refractivity contribution in [2.24, 2.45) is 0 Å². The van der Waals surface area contributed by atoms with E-state index >= 15 is 0 Å². The number of hydrogen-bond donors (Lipinski definition) is 0. The Morgan fingerprint density at radius 3 is 0.647 bits per heavy atom. The van der Waals surface area contributed by atoms with E-state index in [1.165, 1.54) is 185 Å². The summed E-state index contributed by atoms with van der Waals surface area (Å²) < 4.78 is 1.48. The minimum absolute atomic E-state index is 0. The van der Waals surface area contributed by atoms with Gasteiger partial charge >= 0.3 is 0 Å². The van der Waals surface area contributed by atoms with Crippen molar-refractivity contribution >= 4 is 0 Å². The van der Waals surface area contributed by atoms with E-state index in [2.05, 4.69) is 27.7 Å². The summed E-state index contributed by atoms with van der Waals surface area (Å²) in [6, 6.07) is 0. The highest BCUT2D eigenvalue weighted by Crippen LogP contribution is 2.20. The molecule has 0 rings (SSSR count). The topological polar surface area (TPSA) is 30.0 Å². The SMILES string of the molecule is CCCCCCCC[N+](CCCCCCCC)(CCCCCCCC)CCCCCCCC.[OH-]. The average Bonchev–Trinajstić information content (AvgIpc) is 2.83. The molecule has 208 valence electrons. The molecule has 0 spiro atoms. The summed E-state index contributed by atoms with van der Waals surface area (Å²) in [5.41, 5.74) is 0. The second-order valence-electron chi connectivity index (χ2n) is 11.3. The Bertz CT molecular complexity index is 287. The largest absolute Gasteiger partial charge is 0.870 e. The van der Waals surface area contributed by atoms with Crippen LogP contribution in [-0.4, -0.2) is 36.1 Å². The predicted molar refractivity (Wildman–Crippen MR) is 155 cm³/mol. The molecule has 0 saturated carbocycles. The van der Waals surface area contributed by atoms with E-state index in [1.54, 1.807) is 0 Å². The van der Waals surface area contributed by atoms with Crippen molar-refractivity contribution in [2.75, 3.05) is 26.2 Å². The molecule has 2 nitrogen and oxygen atoms in total. The van der Waals surface area contributed by atoms with Crippen LogP contribution in [0.2, 0.25) is 0 Å². The lowest BCUT2D eigenvalue weighted by atomic mass is 10.0. The summed E-state index contributed by atoms with van der Waals surface area (Å²) >= 11 is 0. The van der Waals surface area contributed by atoms with Crippen LogP contribution in [0.4, 0.5) is 0 Å². The van der Waals surface area contributed by atoms with Gasteiger partial charge in [0.2, 0.25) is 0 Å². The zero-order valence-corrected chi connectivity index (χ0v) is 24.7. The molecule has 0 fully saturated rings. The number of quaternary nitrogens is 1. The average molecular weight is 484 g/mol. The van der Waals surface area contributed by atoms with E-state index in [9.17, 15) is 0 Å². The molecule has 0 saturated heterocycles. The van der Waals surface area contributed by atoms with Crippen molar-refractivity contribution < 1.29 is 9.96 Å². The summed E-state index contributed by atoms with van der Waals surface area (Å²) in [6.07, 6.45) is 34.8. The Hall–Kier alpha value is -0.0800. The molecule has 0 aromatic heterocycles. The van der Waals surface area contributed by atoms with Crippen molar-refractivity contribution in [2.45, 2.75) is 182 Å². The van der Waals surface area contributed by atoms with Crippen molar-refractivity contribution in [1.29, 1.82) is 0 Å². The van der Waals surface area contributed by atoms with E-state index in [0.717, 1.165) is 0 Å². The van der Waals surface area contributed by atoms with Crippen LogP contribution in [0.15, 0.2) is 0 Å². The van der Waals surface area contributed by atoms with Crippen molar-refractivity contribution in [1.82, 2.24) is 0 Å². The van der Waals surface area contributed by atoms with E-state index < -0.39 is 0 Å². The number of unbranched alkanes of at least 4 members (excludes halogenated alkanes) is 20. The summed E-state index contributed by atoms with van der Waals surface area (Å²) in [4.78, 5) is 0. The molecule has 0 amide bonds. The van der Waals surface area contributed by atoms with Gasteiger partial charge in [-0.05, 0) is 51.4 Å². The zero-order chi connectivity index (χ0) is 24.3. The molecule has 0 aliphatic rings. The van der Waals surface area contributed by atoms with Gasteiger partial charge in [0, 0.05) is 0 Å². The maximum atomic E-state index is 2.34. The van der Waals surface area contributed by atoms with Crippen LogP contribution in [0.3, 0.4) is 0 Å². The highest BCUT2D eigenvalue weighted by atomic mass is 16.0. The molecule has 34 heavy (non-hydrogen) atoms. The molecule has 0 aliphatic heterocycles. The van der Waals surface area contributed by atoms with Crippen LogP contribution in [0, 0.1) is 0 Å². The Labute approximate surface area is 218 Å². The van der Waals surface area contributed by atoms with Crippen molar-refractivity contribution in [3.05, 3.63) is 0 Å². The number of nitrogens with zero attached hydrogens (tertiary/aromatic N) is 1. The molecule has 2 heteroatoms. The van der Waals surface area contributed by atoms with Gasteiger partial charge in [0.05, 0.1) is 26.2 Å². The van der Waals surface area contributed by atoms with Crippen LogP contribution in [0.25, 0.3) is 0 Å². The molecule has 0 unspecified atom stereocenters. The van der Waals surface area contributed by atoms with E-state index in [1.807, 2.05) is 0 Å². The molecule has 0 aromatic carbocycles. The second kappa shape index (κ2) is 29.2. The van der Waals surface area contributed by atoms with Crippen LogP contribution in [0.1, 0.15) is 182 Å². The fraction of sp³-hybridized carbons (Fsp3) is 1.00. The molecular weight excluding hydrogens is 414 g/mol. The fourth-order valence-corrected chi connectivity index (χ4v) is 5.58. The maximum absolute atomic E-state index is 2.34. The van der Waals surface area contributed by atoms with Crippen LogP contribution >= 0.6 is 0 Å². The van der Waals surface area contributed by atoms with Crippen LogP contribution in [-0.2, 0) is 0 Å². The van der Waals surface area contributed by atoms with Gasteiger partial charge in [-0.2, -0.15) is 0 Å². The molecule has 0 radical (unpaired) electrons. The van der Waals surface area contributed by atoms with Gasteiger partial charge in [-0.3, -0.25) is 0 Å². The van der Waals surface area contributed by atoms with Gasteiger partial charge in [0.25, 0.3) is 0 Å². The lowest BCUT2D eigenvalue weighted by Crippen LogP contribution is -2.50. The van der Waals surface area contributed by atoms with Gasteiger partial charge in [0.1, 0.15) is 0 Å². The quantitative estimate of drug-likeness (QED) is 0.0803. The predicted octanol–water partition coefficient (Wildman–Crippen LogP) is 11.1. The molecule has 0 aromatic rings. The van der Waals surface area contributed by atoms with Crippen LogP contribution in [0.5, 0.6) is 0 Å². The first-order chi connectivity index (χ1) is 16.2. The Kier molecular flexibility index (Phi) is 30.9. The first kappa shape index (κ1) is 36.1. The molecule has 0 atom stereocenters. The minimum Gasteiger partial charge on any atom is -0.870 e. The minimum atomic E-state index is 0.